The first-order chi connectivity index (χ1) is 7.86. The Morgan fingerprint density at radius 3 is 2.44 bits per heavy atom. The fraction of sp³-hybridized carbons (Fsp3) is 0.500. The third kappa shape index (κ3) is 0.649. The van der Waals surface area contributed by atoms with E-state index < -0.39 is 0 Å². The van der Waals surface area contributed by atoms with E-state index in [1.165, 1.54) is 17.5 Å². The lowest BCUT2D eigenvalue weighted by Gasteiger charge is -2.54. The second kappa shape index (κ2) is 2.20. The minimum atomic E-state index is 0.305. The van der Waals surface area contributed by atoms with Gasteiger partial charge in [0.15, 0.2) is 0 Å². The van der Waals surface area contributed by atoms with Gasteiger partial charge in [-0.25, -0.2) is 0 Å². The van der Waals surface area contributed by atoms with Gasteiger partial charge in [-0.15, -0.1) is 0 Å². The van der Waals surface area contributed by atoms with Crippen LogP contribution < -0.4 is 5.32 Å². The lowest BCUT2D eigenvalue weighted by atomic mass is 9.56. The third-order valence-corrected chi connectivity index (χ3v) is 5.30. The molecule has 1 N–H and O–H groups in total. The zero-order valence-corrected chi connectivity index (χ0v) is 8.89. The molecule has 1 heterocycles. The van der Waals surface area contributed by atoms with Gasteiger partial charge in [-0.1, -0.05) is 24.3 Å². The lowest BCUT2D eigenvalue weighted by Crippen LogP contribution is -2.67. The van der Waals surface area contributed by atoms with Crippen LogP contribution in [0.4, 0.5) is 0 Å². The fourth-order valence-corrected chi connectivity index (χ4v) is 4.68. The molecule has 2 heteroatoms. The molecule has 0 aromatic heterocycles. The van der Waals surface area contributed by atoms with E-state index in [9.17, 15) is 4.79 Å². The highest BCUT2D eigenvalue weighted by atomic mass is 16.2. The maximum atomic E-state index is 11.7. The van der Waals surface area contributed by atoms with Crippen LogP contribution in [-0.2, 0) is 4.79 Å². The molecule has 1 aromatic rings. The average molecular weight is 211 g/mol. The van der Waals surface area contributed by atoms with Crippen molar-refractivity contribution in [3.05, 3.63) is 35.4 Å². The molecular weight excluding hydrogens is 198 g/mol. The zero-order chi connectivity index (χ0) is 10.4. The van der Waals surface area contributed by atoms with Crippen LogP contribution in [0.15, 0.2) is 24.3 Å². The molecule has 0 radical (unpaired) electrons. The first-order valence-corrected chi connectivity index (χ1v) is 6.25. The molecule has 1 aromatic carbocycles. The van der Waals surface area contributed by atoms with E-state index in [-0.39, 0.29) is 0 Å². The largest absolute Gasteiger partial charge is 0.352 e. The van der Waals surface area contributed by atoms with E-state index in [1.807, 2.05) is 0 Å². The number of β-lactam (4-membered cyclic amide) rings is 1. The van der Waals surface area contributed by atoms with Gasteiger partial charge in [0.25, 0.3) is 0 Å². The topological polar surface area (TPSA) is 29.1 Å². The first kappa shape index (κ1) is 7.88. The smallest absolute Gasteiger partial charge is 0.226 e. The Balaban J connectivity index is 1.79. The van der Waals surface area contributed by atoms with Gasteiger partial charge in [-0.05, 0) is 29.4 Å². The minimum absolute atomic E-state index is 0.305. The Morgan fingerprint density at radius 2 is 1.69 bits per heavy atom. The first-order valence-electron chi connectivity index (χ1n) is 6.25. The number of hydrogen-bond donors (Lipinski definition) is 1. The van der Waals surface area contributed by atoms with Crippen LogP contribution in [0.25, 0.3) is 0 Å². The highest BCUT2D eigenvalue weighted by molar-refractivity contribution is 5.89. The summed E-state index contributed by atoms with van der Waals surface area (Å²) in [6.45, 7) is 0. The van der Waals surface area contributed by atoms with Crippen molar-refractivity contribution in [2.24, 2.45) is 17.8 Å². The number of hydrogen-bond acceptors (Lipinski definition) is 1. The summed E-state index contributed by atoms with van der Waals surface area (Å²) < 4.78 is 0. The Kier molecular flexibility index (Phi) is 1.08. The van der Waals surface area contributed by atoms with Crippen molar-refractivity contribution >= 4 is 5.91 Å². The van der Waals surface area contributed by atoms with Crippen LogP contribution in [-0.4, -0.2) is 11.9 Å². The summed E-state index contributed by atoms with van der Waals surface area (Å²) in [4.78, 5) is 11.7. The molecular formula is C14H13NO. The molecule has 16 heavy (non-hydrogen) atoms. The fourth-order valence-electron chi connectivity index (χ4n) is 4.68. The van der Waals surface area contributed by atoms with Crippen molar-refractivity contribution in [2.45, 2.75) is 24.3 Å². The van der Waals surface area contributed by atoms with E-state index in [1.54, 1.807) is 0 Å². The van der Waals surface area contributed by atoms with E-state index in [0.717, 1.165) is 11.8 Å². The van der Waals surface area contributed by atoms with Gasteiger partial charge in [0.05, 0.1) is 5.92 Å². The number of amides is 1. The molecule has 1 aliphatic heterocycles. The molecule has 2 nitrogen and oxygen atoms in total. The van der Waals surface area contributed by atoms with Gasteiger partial charge >= 0.3 is 0 Å². The predicted molar refractivity (Wildman–Crippen MR) is 58.9 cm³/mol. The van der Waals surface area contributed by atoms with Crippen molar-refractivity contribution in [1.29, 1.82) is 0 Å². The van der Waals surface area contributed by atoms with E-state index in [2.05, 4.69) is 29.6 Å². The Hall–Kier alpha value is -1.31. The predicted octanol–water partition coefficient (Wildman–Crippen LogP) is 1.63. The van der Waals surface area contributed by atoms with Crippen LogP contribution in [0.5, 0.6) is 0 Å². The highest BCUT2D eigenvalue weighted by Gasteiger charge is 2.68. The molecule has 4 aliphatic carbocycles. The molecule has 0 unspecified atom stereocenters. The molecule has 2 bridgehead atoms. The van der Waals surface area contributed by atoms with Crippen LogP contribution in [0, 0.1) is 17.8 Å². The molecule has 6 rings (SSSR count). The molecule has 2 saturated carbocycles. The van der Waals surface area contributed by atoms with Crippen LogP contribution >= 0.6 is 0 Å². The molecule has 0 spiro atoms. The normalized spacial score (nSPS) is 49.6. The average Bonchev–Trinajstić information content (AvgIpc) is 3.07. The molecule has 5 aliphatic rings. The minimum Gasteiger partial charge on any atom is -0.352 e. The highest BCUT2D eigenvalue weighted by Crippen LogP contribution is 2.70. The molecule has 1 amide bonds. The number of carbonyl (C=O) groups excluding carboxylic acids is 1. The summed E-state index contributed by atoms with van der Waals surface area (Å²) in [6.07, 6.45) is 1.35. The Bertz CT molecular complexity index is 523. The molecule has 1 saturated heterocycles. The summed E-state index contributed by atoms with van der Waals surface area (Å²) in [6, 6.07) is 9.27. The monoisotopic (exact) mass is 211 g/mol. The van der Waals surface area contributed by atoms with Gasteiger partial charge in [-0.3, -0.25) is 4.79 Å². The molecule has 80 valence electrons. The number of carbonyl (C=O) groups is 1. The van der Waals surface area contributed by atoms with Crippen LogP contribution in [0.2, 0.25) is 0 Å². The van der Waals surface area contributed by atoms with Crippen molar-refractivity contribution in [2.75, 3.05) is 0 Å². The summed E-state index contributed by atoms with van der Waals surface area (Å²) in [5, 5.41) is 3.14. The van der Waals surface area contributed by atoms with Gasteiger partial charge in [0.1, 0.15) is 0 Å². The molecule has 6 atom stereocenters. The van der Waals surface area contributed by atoms with Crippen LogP contribution in [0.1, 0.15) is 29.4 Å². The van der Waals surface area contributed by atoms with E-state index in [0.29, 0.717) is 29.7 Å². The van der Waals surface area contributed by atoms with Gasteiger partial charge in [0, 0.05) is 17.9 Å². The summed E-state index contributed by atoms with van der Waals surface area (Å²) >= 11 is 0. The Morgan fingerprint density at radius 1 is 1.00 bits per heavy atom. The van der Waals surface area contributed by atoms with Gasteiger partial charge < -0.3 is 5.32 Å². The quantitative estimate of drug-likeness (QED) is 0.649. The third-order valence-electron chi connectivity index (χ3n) is 5.30. The molecule has 3 fully saturated rings. The lowest BCUT2D eigenvalue weighted by molar-refractivity contribution is -0.140. The van der Waals surface area contributed by atoms with Crippen molar-refractivity contribution < 1.29 is 4.79 Å². The second-order valence-electron chi connectivity index (χ2n) is 5.80. The Labute approximate surface area is 94.0 Å². The SMILES string of the molecule is O=C1N[C@H]2[C@H]1[C@H]1c3ccccc3[C@@H]2[C@H]2C[C@@H]21. The van der Waals surface area contributed by atoms with Crippen LogP contribution in [0.3, 0.4) is 0 Å². The van der Waals surface area contributed by atoms with Gasteiger partial charge in [0.2, 0.25) is 5.91 Å². The summed E-state index contributed by atoms with van der Waals surface area (Å²) in [7, 11) is 0. The van der Waals surface area contributed by atoms with E-state index in [4.69, 9.17) is 0 Å². The summed E-state index contributed by atoms with van der Waals surface area (Å²) in [5.41, 5.74) is 3.02. The van der Waals surface area contributed by atoms with Crippen molar-refractivity contribution in [1.82, 2.24) is 5.32 Å². The number of rotatable bonds is 0. The van der Waals surface area contributed by atoms with Crippen molar-refractivity contribution in [3.8, 4) is 0 Å². The van der Waals surface area contributed by atoms with Gasteiger partial charge in [-0.2, -0.15) is 0 Å². The summed E-state index contributed by atoms with van der Waals surface area (Å²) in [5.74, 6) is 3.50. The number of benzene rings is 1. The standard InChI is InChI=1S/C14H13NO/c16-14-12-10-6-3-1-2-4-7(6)11(13(12)15-14)9-5-8(9)10/h1-4,8-13H,5H2,(H,15,16)/t8-,9-,10-,11+,12+,13+/m0/s1. The number of nitrogens with one attached hydrogen (secondary N) is 1. The van der Waals surface area contributed by atoms with Crippen molar-refractivity contribution in [3.63, 3.8) is 0 Å². The van der Waals surface area contributed by atoms with E-state index >= 15 is 0 Å². The maximum Gasteiger partial charge on any atom is 0.226 e. The zero-order valence-electron chi connectivity index (χ0n) is 8.89. The second-order valence-corrected chi connectivity index (χ2v) is 5.80. The maximum absolute atomic E-state index is 11.7.